The second-order valence-electron chi connectivity index (χ2n) is 8.90. The quantitative estimate of drug-likeness (QED) is 0.121. The Hall–Kier alpha value is -3.34. The summed E-state index contributed by atoms with van der Waals surface area (Å²) in [4.78, 5) is 12.6. The molecule has 0 fully saturated rings. The fourth-order valence-corrected chi connectivity index (χ4v) is 3.80. The predicted molar refractivity (Wildman–Crippen MR) is 143 cm³/mol. The maximum atomic E-state index is 14.4. The summed E-state index contributed by atoms with van der Waals surface area (Å²) in [5.74, 6) is 0.637. The van der Waals surface area contributed by atoms with Gasteiger partial charge in [-0.25, -0.2) is 9.18 Å². The monoisotopic (exact) mass is 492 g/mol. The molecule has 0 aromatic heterocycles. The van der Waals surface area contributed by atoms with Crippen LogP contribution in [0.3, 0.4) is 0 Å². The second-order valence-corrected chi connectivity index (χ2v) is 8.90. The molecular weight excluding hydrogens is 455 g/mol. The lowest BCUT2D eigenvalue weighted by atomic mass is 10.0. The number of esters is 1. The molecule has 0 aliphatic carbocycles. The molecule has 0 unspecified atom stereocenters. The van der Waals surface area contributed by atoms with E-state index in [-0.39, 0.29) is 5.75 Å². The molecule has 5 heteroatoms. The van der Waals surface area contributed by atoms with Crippen LogP contribution in [-0.4, -0.2) is 19.2 Å². The van der Waals surface area contributed by atoms with Gasteiger partial charge in [0.1, 0.15) is 11.5 Å². The SMILES string of the molecule is CCCCCCCOc1ccc(OC(=O)c2ccc(-c3ccc(OCCCCC)c(F)c3)cc2)cc1. The molecule has 0 spiro atoms. The fourth-order valence-electron chi connectivity index (χ4n) is 3.80. The van der Waals surface area contributed by atoms with Gasteiger partial charge in [-0.1, -0.05) is 70.6 Å². The van der Waals surface area contributed by atoms with Gasteiger partial charge in [0, 0.05) is 0 Å². The highest BCUT2D eigenvalue weighted by Crippen LogP contribution is 2.27. The van der Waals surface area contributed by atoms with E-state index in [4.69, 9.17) is 14.2 Å². The molecule has 4 nitrogen and oxygen atoms in total. The molecule has 0 N–H and O–H groups in total. The molecular formula is C31H37FO4. The summed E-state index contributed by atoms with van der Waals surface area (Å²) in [6.07, 6.45) is 9.02. The van der Waals surface area contributed by atoms with Crippen LogP contribution in [0.4, 0.5) is 4.39 Å². The minimum atomic E-state index is -0.451. The van der Waals surface area contributed by atoms with Gasteiger partial charge in [-0.15, -0.1) is 0 Å². The van der Waals surface area contributed by atoms with E-state index in [0.717, 1.165) is 37.0 Å². The van der Waals surface area contributed by atoms with Gasteiger partial charge in [0.15, 0.2) is 11.6 Å². The highest BCUT2D eigenvalue weighted by atomic mass is 19.1. The van der Waals surface area contributed by atoms with Crippen LogP contribution in [0.15, 0.2) is 66.7 Å². The van der Waals surface area contributed by atoms with E-state index >= 15 is 0 Å². The zero-order valence-corrected chi connectivity index (χ0v) is 21.4. The molecule has 0 aliphatic heterocycles. The number of benzene rings is 3. The average molecular weight is 493 g/mol. The molecule has 0 radical (unpaired) electrons. The number of rotatable bonds is 15. The van der Waals surface area contributed by atoms with Gasteiger partial charge < -0.3 is 14.2 Å². The molecule has 0 aliphatic rings. The Bertz CT molecular complexity index is 1060. The van der Waals surface area contributed by atoms with Crippen LogP contribution in [0.25, 0.3) is 11.1 Å². The van der Waals surface area contributed by atoms with E-state index in [1.807, 2.05) is 18.2 Å². The molecule has 3 aromatic rings. The van der Waals surface area contributed by atoms with Crippen LogP contribution < -0.4 is 14.2 Å². The van der Waals surface area contributed by atoms with Gasteiger partial charge in [0.05, 0.1) is 18.8 Å². The zero-order valence-electron chi connectivity index (χ0n) is 21.4. The zero-order chi connectivity index (χ0) is 25.6. The lowest BCUT2D eigenvalue weighted by Gasteiger charge is -2.10. The normalized spacial score (nSPS) is 10.8. The molecule has 0 saturated heterocycles. The third-order valence-electron chi connectivity index (χ3n) is 5.94. The topological polar surface area (TPSA) is 44.8 Å². The van der Waals surface area contributed by atoms with Gasteiger partial charge in [0.25, 0.3) is 0 Å². The number of carbonyl (C=O) groups excluding carboxylic acids is 1. The van der Waals surface area contributed by atoms with E-state index in [1.165, 1.54) is 31.7 Å². The van der Waals surface area contributed by atoms with Crippen LogP contribution >= 0.6 is 0 Å². The first-order valence-electron chi connectivity index (χ1n) is 13.1. The Balaban J connectivity index is 1.50. The minimum absolute atomic E-state index is 0.262. The van der Waals surface area contributed by atoms with Gasteiger partial charge >= 0.3 is 5.97 Å². The van der Waals surface area contributed by atoms with Crippen molar-refractivity contribution in [2.24, 2.45) is 0 Å². The van der Waals surface area contributed by atoms with Crippen molar-refractivity contribution in [1.82, 2.24) is 0 Å². The highest BCUT2D eigenvalue weighted by molar-refractivity contribution is 5.91. The Morgan fingerprint density at radius 2 is 1.25 bits per heavy atom. The van der Waals surface area contributed by atoms with Gasteiger partial charge in [0.2, 0.25) is 0 Å². The largest absolute Gasteiger partial charge is 0.494 e. The summed E-state index contributed by atoms with van der Waals surface area (Å²) in [5, 5.41) is 0. The Kier molecular flexibility index (Phi) is 11.3. The van der Waals surface area contributed by atoms with Crippen LogP contribution in [0.2, 0.25) is 0 Å². The first kappa shape index (κ1) is 27.3. The number of halogens is 1. The molecule has 0 amide bonds. The standard InChI is InChI=1S/C31H37FO4/c1-3-5-7-8-10-21-34-27-16-18-28(19-17-27)36-31(33)25-13-11-24(12-14-25)26-15-20-30(29(32)23-26)35-22-9-6-4-2/h11-20,23H,3-10,21-22H2,1-2H3. The van der Waals surface area contributed by atoms with Crippen molar-refractivity contribution < 1.29 is 23.4 Å². The number of hydrogen-bond acceptors (Lipinski definition) is 4. The Labute approximate surface area is 214 Å². The molecule has 0 bridgehead atoms. The first-order valence-corrected chi connectivity index (χ1v) is 13.1. The van der Waals surface area contributed by atoms with Crippen molar-refractivity contribution in [3.8, 4) is 28.4 Å². The highest BCUT2D eigenvalue weighted by Gasteiger charge is 2.11. The smallest absolute Gasteiger partial charge is 0.343 e. The minimum Gasteiger partial charge on any atom is -0.494 e. The maximum absolute atomic E-state index is 14.4. The van der Waals surface area contributed by atoms with Crippen LogP contribution in [0, 0.1) is 5.82 Å². The van der Waals surface area contributed by atoms with Crippen molar-refractivity contribution in [2.45, 2.75) is 65.2 Å². The summed E-state index contributed by atoms with van der Waals surface area (Å²) in [5.41, 5.74) is 1.94. The van der Waals surface area contributed by atoms with E-state index in [1.54, 1.807) is 42.5 Å². The summed E-state index contributed by atoms with van der Waals surface area (Å²) in [6, 6.07) is 18.9. The van der Waals surface area contributed by atoms with Crippen molar-refractivity contribution in [3.63, 3.8) is 0 Å². The lowest BCUT2D eigenvalue weighted by molar-refractivity contribution is 0.0734. The first-order chi connectivity index (χ1) is 17.6. The summed E-state index contributed by atoms with van der Waals surface area (Å²) in [6.45, 7) is 5.52. The average Bonchev–Trinajstić information content (AvgIpc) is 2.90. The molecule has 36 heavy (non-hydrogen) atoms. The number of unbranched alkanes of at least 4 members (excludes halogenated alkanes) is 6. The van der Waals surface area contributed by atoms with Gasteiger partial charge in [-0.3, -0.25) is 0 Å². The van der Waals surface area contributed by atoms with Crippen molar-refractivity contribution >= 4 is 5.97 Å². The van der Waals surface area contributed by atoms with Gasteiger partial charge in [-0.2, -0.15) is 0 Å². The summed E-state index contributed by atoms with van der Waals surface area (Å²) < 4.78 is 31.2. The van der Waals surface area contributed by atoms with E-state index in [9.17, 15) is 9.18 Å². The van der Waals surface area contributed by atoms with Gasteiger partial charge in [-0.05, 0) is 72.5 Å². The predicted octanol–water partition coefficient (Wildman–Crippen LogP) is 8.63. The molecule has 0 saturated carbocycles. The Morgan fingerprint density at radius 3 is 1.94 bits per heavy atom. The molecule has 0 atom stereocenters. The van der Waals surface area contributed by atoms with E-state index < -0.39 is 11.8 Å². The summed E-state index contributed by atoms with van der Waals surface area (Å²) in [7, 11) is 0. The lowest BCUT2D eigenvalue weighted by Crippen LogP contribution is -2.08. The van der Waals surface area contributed by atoms with Crippen LogP contribution in [-0.2, 0) is 0 Å². The second kappa shape index (κ2) is 14.9. The molecule has 192 valence electrons. The van der Waals surface area contributed by atoms with E-state index in [2.05, 4.69) is 13.8 Å². The third-order valence-corrected chi connectivity index (χ3v) is 5.94. The van der Waals surface area contributed by atoms with E-state index in [0.29, 0.717) is 30.1 Å². The summed E-state index contributed by atoms with van der Waals surface area (Å²) >= 11 is 0. The molecule has 0 heterocycles. The third kappa shape index (κ3) is 8.71. The van der Waals surface area contributed by atoms with Crippen molar-refractivity contribution in [3.05, 3.63) is 78.1 Å². The fraction of sp³-hybridized carbons (Fsp3) is 0.387. The number of hydrogen-bond donors (Lipinski definition) is 0. The Morgan fingerprint density at radius 1 is 0.667 bits per heavy atom. The van der Waals surface area contributed by atoms with Crippen molar-refractivity contribution in [2.75, 3.05) is 13.2 Å². The number of carbonyl (C=O) groups is 1. The number of ether oxygens (including phenoxy) is 3. The maximum Gasteiger partial charge on any atom is 0.343 e. The molecule has 3 aromatic carbocycles. The van der Waals surface area contributed by atoms with Crippen molar-refractivity contribution in [1.29, 1.82) is 0 Å². The molecule has 3 rings (SSSR count). The van der Waals surface area contributed by atoms with Crippen LogP contribution in [0.1, 0.15) is 75.6 Å². The van der Waals surface area contributed by atoms with Crippen LogP contribution in [0.5, 0.6) is 17.2 Å².